The third kappa shape index (κ3) is 4.85. The summed E-state index contributed by atoms with van der Waals surface area (Å²) in [4.78, 5) is 24.3. The van der Waals surface area contributed by atoms with E-state index < -0.39 is 70.2 Å². The number of hydrogen-bond acceptors (Lipinski definition) is 5. The molecular formula is C18H18F6N2O5. The summed E-state index contributed by atoms with van der Waals surface area (Å²) in [6.45, 7) is 3.78. The summed E-state index contributed by atoms with van der Waals surface area (Å²) in [5.74, 6) is -2.93. The van der Waals surface area contributed by atoms with E-state index >= 15 is 0 Å². The lowest BCUT2D eigenvalue weighted by Crippen LogP contribution is -2.43. The van der Waals surface area contributed by atoms with Gasteiger partial charge in [0.05, 0.1) is 24.0 Å². The summed E-state index contributed by atoms with van der Waals surface area (Å²) >= 11 is 0. The number of carbonyl (C=O) groups excluding carboxylic acids is 1. The van der Waals surface area contributed by atoms with Crippen molar-refractivity contribution in [1.82, 2.24) is 5.16 Å². The molecule has 0 aliphatic heterocycles. The maximum absolute atomic E-state index is 13.4. The molecule has 1 atom stereocenters. The Balaban J connectivity index is 2.75. The summed E-state index contributed by atoms with van der Waals surface area (Å²) in [6.07, 6.45) is -11.5. The SMILES string of the molecule is COC(=O)N(CC(C)(C)C(C)C(=O)O)c1noc2c(C(F)(F)F)cc(C(F)(F)F)cc12. The van der Waals surface area contributed by atoms with Crippen LogP contribution in [-0.2, 0) is 21.9 Å². The highest BCUT2D eigenvalue weighted by molar-refractivity contribution is 5.99. The fraction of sp³-hybridized carbons (Fsp3) is 0.500. The van der Waals surface area contributed by atoms with Gasteiger partial charge in [-0.25, -0.2) is 4.79 Å². The van der Waals surface area contributed by atoms with E-state index in [1.165, 1.54) is 20.8 Å². The van der Waals surface area contributed by atoms with Crippen LogP contribution in [0.2, 0.25) is 0 Å². The van der Waals surface area contributed by atoms with Gasteiger partial charge in [-0.15, -0.1) is 0 Å². The number of aromatic nitrogens is 1. The number of carboxylic acids is 1. The molecule has 1 aromatic carbocycles. The number of alkyl halides is 6. The van der Waals surface area contributed by atoms with Gasteiger partial charge in [-0.3, -0.25) is 9.69 Å². The molecule has 0 saturated heterocycles. The molecule has 0 bridgehead atoms. The standard InChI is InChI=1S/C18H18F6N2O5/c1-8(14(27)28)16(2,3)7-26(15(29)30-4)13-10-5-9(17(19,20)21)6-11(18(22,23)24)12(10)31-25-13/h5-6,8H,7H2,1-4H3,(H,27,28). The second-order valence-electron chi connectivity index (χ2n) is 7.51. The van der Waals surface area contributed by atoms with Gasteiger partial charge in [0.15, 0.2) is 11.4 Å². The van der Waals surface area contributed by atoms with E-state index in [1.807, 2.05) is 0 Å². The fourth-order valence-corrected chi connectivity index (χ4v) is 2.82. The average molecular weight is 456 g/mol. The number of carboxylic acid groups (broad SMARTS) is 1. The van der Waals surface area contributed by atoms with Crippen molar-refractivity contribution in [2.24, 2.45) is 11.3 Å². The van der Waals surface area contributed by atoms with Gasteiger partial charge in [-0.05, 0) is 17.5 Å². The molecule has 0 aliphatic carbocycles. The molecule has 1 unspecified atom stereocenters. The molecule has 1 N–H and O–H groups in total. The number of nitrogens with zero attached hydrogens (tertiary/aromatic N) is 2. The molecule has 0 radical (unpaired) electrons. The zero-order valence-electron chi connectivity index (χ0n) is 16.7. The monoisotopic (exact) mass is 456 g/mol. The highest BCUT2D eigenvalue weighted by atomic mass is 19.4. The van der Waals surface area contributed by atoms with Gasteiger partial charge in [0.25, 0.3) is 0 Å². The lowest BCUT2D eigenvalue weighted by molar-refractivity contribution is -0.145. The number of aliphatic carboxylic acids is 1. The van der Waals surface area contributed by atoms with Crippen molar-refractivity contribution < 1.29 is 50.3 Å². The number of hydrogen-bond donors (Lipinski definition) is 1. The Bertz CT molecular complexity index is 996. The Morgan fingerprint density at radius 2 is 1.74 bits per heavy atom. The normalized spacial score (nSPS) is 13.9. The van der Waals surface area contributed by atoms with Crippen LogP contribution in [-0.4, -0.2) is 36.0 Å². The minimum atomic E-state index is -5.20. The number of fused-ring (bicyclic) bond motifs is 1. The molecule has 31 heavy (non-hydrogen) atoms. The van der Waals surface area contributed by atoms with Crippen molar-refractivity contribution in [2.45, 2.75) is 33.1 Å². The van der Waals surface area contributed by atoms with Gasteiger partial charge >= 0.3 is 24.4 Å². The topological polar surface area (TPSA) is 92.9 Å². The smallest absolute Gasteiger partial charge is 0.420 e. The Morgan fingerprint density at radius 3 is 2.19 bits per heavy atom. The molecule has 7 nitrogen and oxygen atoms in total. The van der Waals surface area contributed by atoms with Crippen LogP contribution < -0.4 is 4.90 Å². The van der Waals surface area contributed by atoms with Gasteiger partial charge in [-0.2, -0.15) is 26.3 Å². The Hall–Kier alpha value is -2.99. The largest absolute Gasteiger partial charge is 0.481 e. The van der Waals surface area contributed by atoms with Gasteiger partial charge in [0.1, 0.15) is 5.56 Å². The minimum Gasteiger partial charge on any atom is -0.481 e. The van der Waals surface area contributed by atoms with Gasteiger partial charge in [0, 0.05) is 6.54 Å². The van der Waals surface area contributed by atoms with Crippen LogP contribution in [0.15, 0.2) is 16.7 Å². The highest BCUT2D eigenvalue weighted by Crippen LogP contribution is 2.43. The first-order chi connectivity index (χ1) is 14.0. The van der Waals surface area contributed by atoms with Crippen molar-refractivity contribution in [3.05, 3.63) is 23.3 Å². The highest BCUT2D eigenvalue weighted by Gasteiger charge is 2.42. The van der Waals surface area contributed by atoms with Crippen LogP contribution >= 0.6 is 0 Å². The minimum absolute atomic E-state index is 0.115. The van der Waals surface area contributed by atoms with Gasteiger partial charge < -0.3 is 14.4 Å². The molecule has 0 saturated carbocycles. The van der Waals surface area contributed by atoms with Crippen LogP contribution in [0.3, 0.4) is 0 Å². The number of ether oxygens (including phenoxy) is 1. The van der Waals surface area contributed by atoms with Crippen molar-refractivity contribution in [2.75, 3.05) is 18.6 Å². The van der Waals surface area contributed by atoms with Crippen LogP contribution in [0, 0.1) is 11.3 Å². The first-order valence-corrected chi connectivity index (χ1v) is 8.66. The lowest BCUT2D eigenvalue weighted by Gasteiger charge is -2.33. The third-order valence-electron chi connectivity index (χ3n) is 4.94. The van der Waals surface area contributed by atoms with E-state index in [-0.39, 0.29) is 6.07 Å². The molecular weight excluding hydrogens is 438 g/mol. The van der Waals surface area contributed by atoms with Crippen LogP contribution in [0.4, 0.5) is 37.0 Å². The molecule has 0 fully saturated rings. The Labute approximate surface area is 171 Å². The number of amides is 1. The molecule has 0 spiro atoms. The van der Waals surface area contributed by atoms with E-state index in [1.54, 1.807) is 0 Å². The zero-order valence-corrected chi connectivity index (χ0v) is 16.7. The number of rotatable bonds is 5. The summed E-state index contributed by atoms with van der Waals surface area (Å²) in [5, 5.41) is 11.9. The molecule has 2 rings (SSSR count). The second kappa shape index (κ2) is 7.93. The quantitative estimate of drug-likeness (QED) is 0.623. The lowest BCUT2D eigenvalue weighted by atomic mass is 9.79. The van der Waals surface area contributed by atoms with Gasteiger partial charge in [-0.1, -0.05) is 25.9 Å². The third-order valence-corrected chi connectivity index (χ3v) is 4.94. The van der Waals surface area contributed by atoms with E-state index in [0.29, 0.717) is 11.0 Å². The molecule has 1 aromatic heterocycles. The van der Waals surface area contributed by atoms with Crippen molar-refractivity contribution in [3.8, 4) is 0 Å². The summed E-state index contributed by atoms with van der Waals surface area (Å²) in [7, 11) is 0.938. The number of benzene rings is 1. The zero-order chi connectivity index (χ0) is 23.9. The number of carbonyl (C=O) groups is 2. The van der Waals surface area contributed by atoms with E-state index in [9.17, 15) is 41.0 Å². The van der Waals surface area contributed by atoms with E-state index in [0.717, 1.165) is 7.11 Å². The van der Waals surface area contributed by atoms with Crippen molar-refractivity contribution in [3.63, 3.8) is 0 Å². The predicted octanol–water partition coefficient (Wildman–Crippen LogP) is 5.19. The summed E-state index contributed by atoms with van der Waals surface area (Å²) < 4.78 is 89.0. The number of methoxy groups -OCH3 is 1. The van der Waals surface area contributed by atoms with E-state index in [2.05, 4.69) is 14.4 Å². The first-order valence-electron chi connectivity index (χ1n) is 8.66. The number of halogens is 6. The Morgan fingerprint density at radius 1 is 1.16 bits per heavy atom. The molecule has 0 aliphatic rings. The molecule has 1 amide bonds. The molecule has 13 heteroatoms. The van der Waals surface area contributed by atoms with Crippen molar-refractivity contribution in [1.29, 1.82) is 0 Å². The van der Waals surface area contributed by atoms with Crippen molar-refractivity contribution >= 4 is 28.8 Å². The molecule has 2 aromatic rings. The number of anilines is 1. The van der Waals surface area contributed by atoms with E-state index in [4.69, 9.17) is 0 Å². The fourth-order valence-electron chi connectivity index (χ4n) is 2.82. The summed E-state index contributed by atoms with van der Waals surface area (Å²) in [5.41, 5.74) is -5.54. The average Bonchev–Trinajstić information content (AvgIpc) is 3.06. The molecule has 172 valence electrons. The van der Waals surface area contributed by atoms with Gasteiger partial charge in [0.2, 0.25) is 0 Å². The second-order valence-corrected chi connectivity index (χ2v) is 7.51. The van der Waals surface area contributed by atoms with Crippen LogP contribution in [0.1, 0.15) is 31.9 Å². The summed E-state index contributed by atoms with van der Waals surface area (Å²) in [6, 6.07) is 0.260. The predicted molar refractivity (Wildman–Crippen MR) is 94.3 cm³/mol. The van der Waals surface area contributed by atoms with Crippen LogP contribution in [0.5, 0.6) is 0 Å². The maximum atomic E-state index is 13.4. The Kier molecular flexibility index (Phi) is 6.21. The van der Waals surface area contributed by atoms with Crippen LogP contribution in [0.25, 0.3) is 11.0 Å². The molecule has 1 heterocycles. The first kappa shape index (κ1) is 24.3. The maximum Gasteiger partial charge on any atom is 0.420 e.